The van der Waals surface area contributed by atoms with E-state index in [2.05, 4.69) is 32.9 Å². The lowest BCUT2D eigenvalue weighted by atomic mass is 9.92. The molecule has 2 aromatic carbocycles. The molecule has 3 N–H and O–H groups in total. The number of amides is 1. The normalized spacial score (nSPS) is 12.6. The quantitative estimate of drug-likeness (QED) is 0.148. The highest BCUT2D eigenvalue weighted by atomic mass is 32.2. The molecule has 7 nitrogen and oxygen atoms in total. The number of pyridine rings is 1. The zero-order valence-electron chi connectivity index (χ0n) is 19.9. The fourth-order valence-electron chi connectivity index (χ4n) is 3.32. The Labute approximate surface area is 205 Å². The first-order valence-electron chi connectivity index (χ1n) is 11.1. The Morgan fingerprint density at radius 2 is 1.91 bits per heavy atom. The first-order chi connectivity index (χ1) is 16.3. The lowest BCUT2D eigenvalue weighted by Crippen LogP contribution is -2.45. The molecule has 0 spiro atoms. The largest absolute Gasteiger partial charge is 0.333 e. The molecular weight excluding hydrogens is 444 g/mol. The number of anilines is 1. The van der Waals surface area contributed by atoms with E-state index in [1.807, 2.05) is 81.6 Å². The van der Waals surface area contributed by atoms with Crippen molar-refractivity contribution in [2.24, 2.45) is 10.4 Å². The highest BCUT2D eigenvalue weighted by Crippen LogP contribution is 2.24. The van der Waals surface area contributed by atoms with Crippen LogP contribution in [-0.4, -0.2) is 28.8 Å². The predicted molar refractivity (Wildman–Crippen MR) is 139 cm³/mol. The molecule has 1 heterocycles. The van der Waals surface area contributed by atoms with Gasteiger partial charge in [0, 0.05) is 21.9 Å². The van der Waals surface area contributed by atoms with Crippen molar-refractivity contribution in [3.8, 4) is 6.19 Å². The summed E-state index contributed by atoms with van der Waals surface area (Å²) in [7, 11) is 0. The average Bonchev–Trinajstić information content (AvgIpc) is 2.80. The molecule has 176 valence electrons. The Morgan fingerprint density at radius 3 is 2.59 bits per heavy atom. The molecule has 0 aliphatic rings. The number of nitrogens with zero attached hydrogens (tertiary/aromatic N) is 3. The third kappa shape index (κ3) is 6.96. The molecule has 1 amide bonds. The van der Waals surface area contributed by atoms with Crippen LogP contribution in [0.15, 0.2) is 70.7 Å². The second-order valence-electron chi connectivity index (χ2n) is 8.80. The van der Waals surface area contributed by atoms with Crippen molar-refractivity contribution < 1.29 is 4.79 Å². The zero-order chi connectivity index (χ0) is 24.6. The molecule has 1 unspecified atom stereocenters. The molecule has 1 aromatic heterocycles. The van der Waals surface area contributed by atoms with Crippen LogP contribution in [0.25, 0.3) is 10.9 Å². The number of aromatic nitrogens is 1. The molecule has 3 aromatic rings. The molecule has 8 heteroatoms. The third-order valence-electron chi connectivity index (χ3n) is 5.05. The van der Waals surface area contributed by atoms with Crippen LogP contribution in [0.3, 0.4) is 0 Å². The van der Waals surface area contributed by atoms with Crippen LogP contribution in [-0.2, 0) is 11.2 Å². The number of fused-ring (bicyclic) bond motifs is 1. The maximum absolute atomic E-state index is 12.9. The SMILES string of the molecule is CCSc1ccc(CC(=O)NC(N=C(NC#N)Nc2cccc3ncccc23)C(C)(C)C)cc1. The Bertz CT molecular complexity index is 1190. The Balaban J connectivity index is 1.79. The van der Waals surface area contributed by atoms with Gasteiger partial charge in [-0.1, -0.05) is 45.9 Å². The van der Waals surface area contributed by atoms with Crippen LogP contribution in [0.1, 0.15) is 33.3 Å². The van der Waals surface area contributed by atoms with Gasteiger partial charge in [-0.2, -0.15) is 5.26 Å². The van der Waals surface area contributed by atoms with Crippen LogP contribution in [0.2, 0.25) is 0 Å². The fourth-order valence-corrected chi connectivity index (χ4v) is 3.98. The van der Waals surface area contributed by atoms with Crippen LogP contribution in [0.5, 0.6) is 0 Å². The summed E-state index contributed by atoms with van der Waals surface area (Å²) in [6.45, 7) is 8.08. The van der Waals surface area contributed by atoms with Crippen molar-refractivity contribution in [2.75, 3.05) is 11.1 Å². The molecule has 0 saturated carbocycles. The van der Waals surface area contributed by atoms with E-state index < -0.39 is 6.17 Å². The number of hydrogen-bond donors (Lipinski definition) is 3. The molecule has 0 aliphatic carbocycles. The number of carbonyl (C=O) groups excluding carboxylic acids is 1. The van der Waals surface area contributed by atoms with Gasteiger partial charge in [0.15, 0.2) is 6.19 Å². The van der Waals surface area contributed by atoms with Crippen molar-refractivity contribution in [3.63, 3.8) is 0 Å². The number of hydrogen-bond acceptors (Lipinski definition) is 5. The monoisotopic (exact) mass is 474 g/mol. The summed E-state index contributed by atoms with van der Waals surface area (Å²) in [4.78, 5) is 23.1. The van der Waals surface area contributed by atoms with Crippen molar-refractivity contribution in [1.82, 2.24) is 15.6 Å². The van der Waals surface area contributed by atoms with Crippen LogP contribution in [0, 0.1) is 16.9 Å². The summed E-state index contributed by atoms with van der Waals surface area (Å²) < 4.78 is 0. The van der Waals surface area contributed by atoms with Gasteiger partial charge < -0.3 is 10.6 Å². The van der Waals surface area contributed by atoms with Gasteiger partial charge in [-0.05, 0) is 47.7 Å². The lowest BCUT2D eigenvalue weighted by Gasteiger charge is -2.29. The first kappa shape index (κ1) is 25.1. The number of guanidine groups is 1. The van der Waals surface area contributed by atoms with Crippen LogP contribution < -0.4 is 16.0 Å². The van der Waals surface area contributed by atoms with Gasteiger partial charge in [0.1, 0.15) is 6.17 Å². The maximum Gasteiger partial charge on any atom is 0.226 e. The second-order valence-corrected chi connectivity index (χ2v) is 10.1. The molecule has 34 heavy (non-hydrogen) atoms. The maximum atomic E-state index is 12.9. The Morgan fingerprint density at radius 1 is 1.15 bits per heavy atom. The van der Waals surface area contributed by atoms with Crippen LogP contribution in [0.4, 0.5) is 5.69 Å². The molecule has 0 aliphatic heterocycles. The summed E-state index contributed by atoms with van der Waals surface area (Å²) in [6.07, 6.45) is 3.35. The Hall–Kier alpha value is -3.57. The van der Waals surface area contributed by atoms with Crippen molar-refractivity contribution in [2.45, 2.75) is 45.2 Å². The molecule has 0 fully saturated rings. The highest BCUT2D eigenvalue weighted by Gasteiger charge is 2.27. The highest BCUT2D eigenvalue weighted by molar-refractivity contribution is 7.99. The van der Waals surface area contributed by atoms with E-state index in [0.29, 0.717) is 0 Å². The molecular formula is C26H30N6OS. The van der Waals surface area contributed by atoms with E-state index >= 15 is 0 Å². The number of carbonyl (C=O) groups is 1. The number of nitriles is 1. The number of rotatable bonds is 7. The van der Waals surface area contributed by atoms with E-state index in [-0.39, 0.29) is 23.7 Å². The van der Waals surface area contributed by atoms with E-state index in [0.717, 1.165) is 27.9 Å². The van der Waals surface area contributed by atoms with E-state index in [9.17, 15) is 10.1 Å². The second kappa shape index (κ2) is 11.5. The number of thioether (sulfide) groups is 1. The van der Waals surface area contributed by atoms with Gasteiger partial charge >= 0.3 is 0 Å². The van der Waals surface area contributed by atoms with Gasteiger partial charge in [-0.3, -0.25) is 15.1 Å². The molecule has 0 saturated heterocycles. The van der Waals surface area contributed by atoms with Crippen molar-refractivity contribution >= 4 is 40.2 Å². The van der Waals surface area contributed by atoms with Gasteiger partial charge in [-0.15, -0.1) is 11.8 Å². The number of aliphatic imine (C=N–C) groups is 1. The van der Waals surface area contributed by atoms with E-state index in [4.69, 9.17) is 0 Å². The molecule has 0 radical (unpaired) electrons. The Kier molecular flexibility index (Phi) is 8.50. The van der Waals surface area contributed by atoms with Crippen molar-refractivity contribution in [3.05, 3.63) is 66.4 Å². The number of benzene rings is 2. The van der Waals surface area contributed by atoms with Gasteiger partial charge in [0.2, 0.25) is 11.9 Å². The van der Waals surface area contributed by atoms with Gasteiger partial charge in [-0.25, -0.2) is 4.99 Å². The minimum Gasteiger partial charge on any atom is -0.333 e. The average molecular weight is 475 g/mol. The molecule has 1 atom stereocenters. The third-order valence-corrected chi connectivity index (χ3v) is 5.94. The standard InChI is InChI=1S/C26H30N6OS/c1-5-34-19-13-11-18(12-14-19)16-23(33)31-24(26(2,3)4)32-25(29-17-27)30-22-10-6-9-21-20(22)8-7-15-28-21/h6-15,24H,5,16H2,1-4H3,(H,31,33)(H2,29,30,32). The van der Waals surface area contributed by atoms with E-state index in [1.165, 1.54) is 4.90 Å². The topological polar surface area (TPSA) is 102 Å². The number of nitrogens with one attached hydrogen (secondary N) is 3. The van der Waals surface area contributed by atoms with E-state index in [1.54, 1.807) is 18.0 Å². The fraction of sp³-hybridized carbons (Fsp3) is 0.308. The smallest absolute Gasteiger partial charge is 0.226 e. The minimum absolute atomic E-state index is 0.134. The minimum atomic E-state index is -0.564. The van der Waals surface area contributed by atoms with Crippen LogP contribution >= 0.6 is 11.8 Å². The summed E-state index contributed by atoms with van der Waals surface area (Å²) in [6, 6.07) is 17.5. The summed E-state index contributed by atoms with van der Waals surface area (Å²) in [5, 5.41) is 19.0. The first-order valence-corrected chi connectivity index (χ1v) is 12.1. The van der Waals surface area contributed by atoms with Gasteiger partial charge in [0.05, 0.1) is 17.6 Å². The predicted octanol–water partition coefficient (Wildman–Crippen LogP) is 4.92. The summed E-state index contributed by atoms with van der Waals surface area (Å²) >= 11 is 1.77. The molecule has 3 rings (SSSR count). The molecule has 0 bridgehead atoms. The van der Waals surface area contributed by atoms with Crippen molar-refractivity contribution in [1.29, 1.82) is 5.26 Å². The zero-order valence-corrected chi connectivity index (χ0v) is 20.7. The summed E-state index contributed by atoms with van der Waals surface area (Å²) in [5.74, 6) is 1.12. The summed E-state index contributed by atoms with van der Waals surface area (Å²) in [5.41, 5.74) is 2.14. The van der Waals surface area contributed by atoms with Gasteiger partial charge in [0.25, 0.3) is 0 Å². The lowest BCUT2D eigenvalue weighted by molar-refractivity contribution is -0.121.